The standard InChI is InChI=1S/2C6H6O2.BH3O2/c2*7-5-3-1-2-4-6(5)8;2-1-3/h2*1-4,7-8H;1-3H. The minimum atomic E-state index is -0.750. The first-order chi connectivity index (χ1) is 9.02. The Balaban J connectivity index is 0.000000284. The molecule has 0 fully saturated rings. The molecule has 0 unspecified atom stereocenters. The number of benzene rings is 2. The fraction of sp³-hybridized carbons (Fsp3) is 0. The summed E-state index contributed by atoms with van der Waals surface area (Å²) in [7, 11) is -0.750. The molecule has 0 amide bonds. The second-order valence-corrected chi connectivity index (χ2v) is 3.12. The lowest BCUT2D eigenvalue weighted by molar-refractivity contribution is 0.404. The minimum Gasteiger partial charge on any atom is -0.504 e. The van der Waals surface area contributed by atoms with Crippen molar-refractivity contribution in [2.24, 2.45) is 0 Å². The van der Waals surface area contributed by atoms with E-state index in [1.165, 1.54) is 24.3 Å². The van der Waals surface area contributed by atoms with E-state index in [2.05, 4.69) is 0 Å². The van der Waals surface area contributed by atoms with E-state index in [-0.39, 0.29) is 23.0 Å². The summed E-state index contributed by atoms with van der Waals surface area (Å²) in [5.41, 5.74) is 0. The number of hydrogen-bond acceptors (Lipinski definition) is 6. The zero-order valence-corrected chi connectivity index (χ0v) is 10.0. The Morgan fingerprint density at radius 1 is 0.526 bits per heavy atom. The fourth-order valence-corrected chi connectivity index (χ4v) is 0.928. The summed E-state index contributed by atoms with van der Waals surface area (Å²) in [6.07, 6.45) is 0. The van der Waals surface area contributed by atoms with Crippen molar-refractivity contribution < 1.29 is 30.5 Å². The number of para-hydroxylation sites is 4. The van der Waals surface area contributed by atoms with Gasteiger partial charge in [-0.15, -0.1) is 0 Å². The zero-order chi connectivity index (χ0) is 14.7. The Kier molecular flexibility index (Phi) is 8.43. The van der Waals surface area contributed by atoms with Crippen LogP contribution < -0.4 is 0 Å². The number of hydrogen-bond donors (Lipinski definition) is 6. The maximum Gasteiger partial charge on any atom is 0.432 e. The molecular weight excluding hydrogens is 251 g/mol. The van der Waals surface area contributed by atoms with E-state index in [0.717, 1.165) is 0 Å². The normalized spacial score (nSPS) is 8.32. The smallest absolute Gasteiger partial charge is 0.432 e. The third-order valence-electron chi connectivity index (χ3n) is 1.76. The van der Waals surface area contributed by atoms with Gasteiger partial charge in [-0.1, -0.05) is 24.3 Å². The van der Waals surface area contributed by atoms with Gasteiger partial charge in [0.2, 0.25) is 0 Å². The molecule has 2 aromatic rings. The second kappa shape index (κ2) is 9.63. The van der Waals surface area contributed by atoms with Crippen LogP contribution in [0.2, 0.25) is 0 Å². The van der Waals surface area contributed by atoms with Crippen molar-refractivity contribution in [1.29, 1.82) is 0 Å². The topological polar surface area (TPSA) is 121 Å². The van der Waals surface area contributed by atoms with E-state index in [9.17, 15) is 0 Å². The molecule has 0 saturated carbocycles. The first-order valence-corrected chi connectivity index (χ1v) is 5.18. The predicted octanol–water partition coefficient (Wildman–Crippen LogP) is 0.433. The summed E-state index contributed by atoms with van der Waals surface area (Å²) in [6, 6.07) is 12.3. The van der Waals surface area contributed by atoms with Crippen LogP contribution >= 0.6 is 0 Å². The highest BCUT2D eigenvalue weighted by atomic mass is 16.4. The molecule has 2 rings (SSSR count). The van der Waals surface area contributed by atoms with E-state index >= 15 is 0 Å². The summed E-state index contributed by atoms with van der Waals surface area (Å²) >= 11 is 0. The lowest BCUT2D eigenvalue weighted by Crippen LogP contribution is -1.75. The van der Waals surface area contributed by atoms with Crippen molar-refractivity contribution in [2.75, 3.05) is 0 Å². The van der Waals surface area contributed by atoms with Crippen molar-refractivity contribution in [2.45, 2.75) is 0 Å². The lowest BCUT2D eigenvalue weighted by Gasteiger charge is -1.91. The summed E-state index contributed by atoms with van der Waals surface area (Å²) in [5.74, 6) is -0.306. The van der Waals surface area contributed by atoms with Gasteiger partial charge in [0, 0.05) is 0 Å². The molecule has 7 heteroatoms. The van der Waals surface area contributed by atoms with E-state index in [0.29, 0.717) is 0 Å². The van der Waals surface area contributed by atoms with Gasteiger partial charge in [0.25, 0.3) is 0 Å². The first-order valence-electron chi connectivity index (χ1n) is 5.18. The molecule has 102 valence electrons. The predicted molar refractivity (Wildman–Crippen MR) is 71.1 cm³/mol. The average molecular weight is 266 g/mol. The van der Waals surface area contributed by atoms with Crippen molar-refractivity contribution in [1.82, 2.24) is 0 Å². The van der Waals surface area contributed by atoms with E-state index in [1.54, 1.807) is 24.3 Å². The molecule has 6 nitrogen and oxygen atoms in total. The highest BCUT2D eigenvalue weighted by molar-refractivity contribution is 6.13. The molecule has 2 aromatic carbocycles. The molecular formula is C12H15BO6. The Hall–Kier alpha value is -2.38. The van der Waals surface area contributed by atoms with E-state index in [4.69, 9.17) is 30.5 Å². The first kappa shape index (κ1) is 16.6. The fourth-order valence-electron chi connectivity index (χ4n) is 0.928. The maximum atomic E-state index is 8.67. The van der Waals surface area contributed by atoms with Gasteiger partial charge in [-0.05, 0) is 24.3 Å². The van der Waals surface area contributed by atoms with Crippen molar-refractivity contribution in [3.05, 3.63) is 48.5 Å². The number of phenolic OH excluding ortho intramolecular Hbond substituents is 4. The monoisotopic (exact) mass is 266 g/mol. The number of aromatic hydroxyl groups is 4. The van der Waals surface area contributed by atoms with Crippen molar-refractivity contribution >= 4 is 7.69 Å². The molecule has 0 atom stereocenters. The van der Waals surface area contributed by atoms with Crippen LogP contribution in [0, 0.1) is 0 Å². The Morgan fingerprint density at radius 2 is 0.684 bits per heavy atom. The van der Waals surface area contributed by atoms with Gasteiger partial charge in [0.05, 0.1) is 0 Å². The van der Waals surface area contributed by atoms with Crippen LogP contribution in [0.4, 0.5) is 0 Å². The molecule has 19 heavy (non-hydrogen) atoms. The summed E-state index contributed by atoms with van der Waals surface area (Å²) in [4.78, 5) is 0. The molecule has 0 saturated heterocycles. The van der Waals surface area contributed by atoms with Crippen LogP contribution in [0.3, 0.4) is 0 Å². The van der Waals surface area contributed by atoms with E-state index in [1.807, 2.05) is 0 Å². The molecule has 0 heterocycles. The van der Waals surface area contributed by atoms with Crippen LogP contribution in [0.5, 0.6) is 23.0 Å². The number of rotatable bonds is 0. The average Bonchev–Trinajstić information content (AvgIpc) is 2.38. The molecule has 0 aliphatic heterocycles. The molecule has 6 N–H and O–H groups in total. The maximum absolute atomic E-state index is 8.67. The molecule has 0 spiro atoms. The summed E-state index contributed by atoms with van der Waals surface area (Å²) in [6.45, 7) is 0. The largest absolute Gasteiger partial charge is 0.504 e. The van der Waals surface area contributed by atoms with Crippen LogP contribution in [0.15, 0.2) is 48.5 Å². The number of phenols is 4. The van der Waals surface area contributed by atoms with Crippen LogP contribution in [-0.2, 0) is 0 Å². The van der Waals surface area contributed by atoms with E-state index < -0.39 is 7.69 Å². The van der Waals surface area contributed by atoms with Crippen molar-refractivity contribution in [3.8, 4) is 23.0 Å². The van der Waals surface area contributed by atoms with Crippen molar-refractivity contribution in [3.63, 3.8) is 0 Å². The van der Waals surface area contributed by atoms with Crippen LogP contribution in [-0.4, -0.2) is 38.2 Å². The Bertz CT molecular complexity index is 392. The van der Waals surface area contributed by atoms with Gasteiger partial charge in [0.1, 0.15) is 0 Å². The molecule has 0 aromatic heterocycles. The molecule has 0 bridgehead atoms. The molecule has 0 aliphatic rings. The Morgan fingerprint density at radius 3 is 0.789 bits per heavy atom. The summed E-state index contributed by atoms with van der Waals surface area (Å²) in [5, 5.41) is 48.9. The molecule has 0 radical (unpaired) electrons. The van der Waals surface area contributed by atoms with Gasteiger partial charge in [-0.2, -0.15) is 0 Å². The van der Waals surface area contributed by atoms with Gasteiger partial charge >= 0.3 is 7.69 Å². The highest BCUT2D eigenvalue weighted by Gasteiger charge is 1.91. The SMILES string of the molecule is OBO.Oc1ccccc1O.Oc1ccccc1O. The minimum absolute atomic E-state index is 0.0764. The zero-order valence-electron chi connectivity index (χ0n) is 10.0. The Labute approximate surface area is 110 Å². The third kappa shape index (κ3) is 7.53. The van der Waals surface area contributed by atoms with Gasteiger partial charge in [0.15, 0.2) is 23.0 Å². The third-order valence-corrected chi connectivity index (χ3v) is 1.76. The lowest BCUT2D eigenvalue weighted by atomic mass is 10.3. The molecule has 0 aliphatic carbocycles. The quantitative estimate of drug-likeness (QED) is 0.304. The van der Waals surface area contributed by atoms with Gasteiger partial charge in [-0.25, -0.2) is 0 Å². The second-order valence-electron chi connectivity index (χ2n) is 3.12. The van der Waals surface area contributed by atoms with Gasteiger partial charge < -0.3 is 30.5 Å². The highest BCUT2D eigenvalue weighted by Crippen LogP contribution is 2.21. The van der Waals surface area contributed by atoms with Crippen LogP contribution in [0.1, 0.15) is 0 Å². The van der Waals surface area contributed by atoms with Crippen LogP contribution in [0.25, 0.3) is 0 Å². The summed E-state index contributed by atoms with van der Waals surface area (Å²) < 4.78 is 0. The van der Waals surface area contributed by atoms with Gasteiger partial charge in [-0.3, -0.25) is 0 Å².